The van der Waals surface area contributed by atoms with Crippen molar-refractivity contribution >= 4 is 22.4 Å². The molecule has 1 aliphatic heterocycles. The molecule has 1 fully saturated rings. The summed E-state index contributed by atoms with van der Waals surface area (Å²) in [6, 6.07) is 3.05. The van der Waals surface area contributed by atoms with Crippen LogP contribution in [-0.2, 0) is 10.0 Å². The minimum Gasteiger partial charge on any atom is -0.315 e. The topological polar surface area (TPSA) is 84.0 Å². The van der Waals surface area contributed by atoms with Crippen molar-refractivity contribution in [1.82, 2.24) is 20.2 Å². The van der Waals surface area contributed by atoms with Gasteiger partial charge in [-0.05, 0) is 32.0 Å². The lowest BCUT2D eigenvalue weighted by atomic mass is 10.3. The Hall–Kier alpha value is -0.760. The van der Waals surface area contributed by atoms with Crippen molar-refractivity contribution in [2.45, 2.75) is 24.4 Å². The largest absolute Gasteiger partial charge is 0.315 e. The van der Waals surface area contributed by atoms with Gasteiger partial charge in [-0.1, -0.05) is 0 Å². The van der Waals surface area contributed by atoms with Crippen molar-refractivity contribution in [3.63, 3.8) is 0 Å². The van der Waals surface area contributed by atoms with E-state index in [1.54, 1.807) is 13.0 Å². The number of hydrogen-bond donors (Lipinski definition) is 2. The SMILES string of the molecule is Cc1ccc(S(=O)(=O)N[C@@H]2CCNC2)nn1.Cl. The molecule has 2 rings (SSSR count). The molecule has 17 heavy (non-hydrogen) atoms. The summed E-state index contributed by atoms with van der Waals surface area (Å²) in [7, 11) is -3.52. The van der Waals surface area contributed by atoms with Crippen LogP contribution in [0.15, 0.2) is 17.2 Å². The number of halogens is 1. The molecule has 0 aliphatic carbocycles. The molecule has 1 atom stereocenters. The van der Waals surface area contributed by atoms with Gasteiger partial charge in [0.15, 0.2) is 5.03 Å². The first-order valence-electron chi connectivity index (χ1n) is 5.11. The average Bonchev–Trinajstić information content (AvgIpc) is 2.70. The molecular weight excluding hydrogens is 264 g/mol. The summed E-state index contributed by atoms with van der Waals surface area (Å²) in [4.78, 5) is 0. The fourth-order valence-corrected chi connectivity index (χ4v) is 2.72. The summed E-state index contributed by atoms with van der Waals surface area (Å²) in [5, 5.41) is 10.5. The number of nitrogens with one attached hydrogen (secondary N) is 2. The molecule has 2 N–H and O–H groups in total. The number of rotatable bonds is 3. The van der Waals surface area contributed by atoms with E-state index < -0.39 is 10.0 Å². The number of hydrogen-bond acceptors (Lipinski definition) is 5. The van der Waals surface area contributed by atoms with Gasteiger partial charge in [-0.15, -0.1) is 17.5 Å². The van der Waals surface area contributed by atoms with Crippen LogP contribution in [0.4, 0.5) is 0 Å². The molecule has 0 bridgehead atoms. The summed E-state index contributed by atoms with van der Waals surface area (Å²) in [6.07, 6.45) is 0.804. The highest BCUT2D eigenvalue weighted by molar-refractivity contribution is 7.89. The molecule has 8 heteroatoms. The second-order valence-electron chi connectivity index (χ2n) is 3.82. The van der Waals surface area contributed by atoms with Crippen LogP contribution in [0.25, 0.3) is 0 Å². The molecule has 2 heterocycles. The third-order valence-corrected chi connectivity index (χ3v) is 3.84. The molecule has 1 saturated heterocycles. The minimum atomic E-state index is -3.52. The van der Waals surface area contributed by atoms with Crippen LogP contribution < -0.4 is 10.0 Å². The first-order chi connectivity index (χ1) is 7.58. The van der Waals surface area contributed by atoms with E-state index in [1.165, 1.54) is 6.07 Å². The lowest BCUT2D eigenvalue weighted by Crippen LogP contribution is -2.36. The molecule has 6 nitrogen and oxygen atoms in total. The molecule has 96 valence electrons. The summed E-state index contributed by atoms with van der Waals surface area (Å²) in [6.45, 7) is 3.27. The molecule has 1 aliphatic rings. The number of aromatic nitrogens is 2. The van der Waals surface area contributed by atoms with Crippen LogP contribution in [0.3, 0.4) is 0 Å². The van der Waals surface area contributed by atoms with Crippen LogP contribution in [0.1, 0.15) is 12.1 Å². The molecule has 0 amide bonds. The average molecular weight is 279 g/mol. The maximum atomic E-state index is 11.9. The van der Waals surface area contributed by atoms with Gasteiger partial charge in [-0.3, -0.25) is 0 Å². The Morgan fingerprint density at radius 1 is 1.41 bits per heavy atom. The maximum Gasteiger partial charge on any atom is 0.260 e. The summed E-state index contributed by atoms with van der Waals surface area (Å²) >= 11 is 0. The second-order valence-corrected chi connectivity index (χ2v) is 5.48. The van der Waals surface area contributed by atoms with Crippen molar-refractivity contribution in [3.8, 4) is 0 Å². The van der Waals surface area contributed by atoms with Gasteiger partial charge in [0.1, 0.15) is 0 Å². The van der Waals surface area contributed by atoms with Gasteiger partial charge < -0.3 is 5.32 Å². The zero-order valence-electron chi connectivity index (χ0n) is 9.38. The van der Waals surface area contributed by atoms with Crippen LogP contribution >= 0.6 is 12.4 Å². The highest BCUT2D eigenvalue weighted by Gasteiger charge is 2.23. The lowest BCUT2D eigenvalue weighted by Gasteiger charge is -2.10. The predicted molar refractivity (Wildman–Crippen MR) is 65.6 cm³/mol. The van der Waals surface area contributed by atoms with Crippen LogP contribution in [-0.4, -0.2) is 37.7 Å². The van der Waals surface area contributed by atoms with Gasteiger partial charge >= 0.3 is 0 Å². The molecule has 1 aromatic heterocycles. The first-order valence-corrected chi connectivity index (χ1v) is 6.59. The highest BCUT2D eigenvalue weighted by atomic mass is 35.5. The Morgan fingerprint density at radius 3 is 2.71 bits per heavy atom. The van der Waals surface area contributed by atoms with E-state index >= 15 is 0 Å². The Balaban J connectivity index is 0.00000144. The van der Waals surface area contributed by atoms with Crippen LogP contribution in [0, 0.1) is 6.92 Å². The van der Waals surface area contributed by atoms with E-state index in [9.17, 15) is 8.42 Å². The highest BCUT2D eigenvalue weighted by Crippen LogP contribution is 2.07. The summed E-state index contributed by atoms with van der Waals surface area (Å²) in [5.74, 6) is 0. The van der Waals surface area contributed by atoms with Gasteiger partial charge in [-0.25, -0.2) is 13.1 Å². The van der Waals surface area contributed by atoms with Gasteiger partial charge in [0, 0.05) is 12.6 Å². The van der Waals surface area contributed by atoms with E-state index in [1.807, 2.05) is 0 Å². The normalized spacial score (nSPS) is 19.9. The zero-order chi connectivity index (χ0) is 11.6. The smallest absolute Gasteiger partial charge is 0.260 e. The monoisotopic (exact) mass is 278 g/mol. The molecule has 0 unspecified atom stereocenters. The fourth-order valence-electron chi connectivity index (χ4n) is 1.57. The molecule has 0 saturated carbocycles. The number of sulfonamides is 1. The van der Waals surface area contributed by atoms with E-state index in [0.717, 1.165) is 13.0 Å². The Kier molecular flexibility index (Phi) is 4.81. The van der Waals surface area contributed by atoms with Gasteiger partial charge in [0.05, 0.1) is 5.69 Å². The van der Waals surface area contributed by atoms with Crippen molar-refractivity contribution in [3.05, 3.63) is 17.8 Å². The van der Waals surface area contributed by atoms with E-state index in [4.69, 9.17) is 0 Å². The van der Waals surface area contributed by atoms with E-state index in [0.29, 0.717) is 12.2 Å². The van der Waals surface area contributed by atoms with Crippen molar-refractivity contribution < 1.29 is 8.42 Å². The molecular formula is C9H15ClN4O2S. The third-order valence-electron chi connectivity index (χ3n) is 2.43. The number of nitrogens with zero attached hydrogens (tertiary/aromatic N) is 2. The minimum absolute atomic E-state index is 0. The first kappa shape index (κ1) is 14.3. The Morgan fingerprint density at radius 2 is 2.18 bits per heavy atom. The standard InChI is InChI=1S/C9H14N4O2S.ClH/c1-7-2-3-9(12-11-7)16(14,15)13-8-4-5-10-6-8;/h2-3,8,10,13H,4-6H2,1H3;1H/t8-;/m1./s1. The fraction of sp³-hybridized carbons (Fsp3) is 0.556. The third kappa shape index (κ3) is 3.60. The quantitative estimate of drug-likeness (QED) is 0.803. The van der Waals surface area contributed by atoms with E-state index in [-0.39, 0.29) is 23.5 Å². The molecule has 0 spiro atoms. The zero-order valence-corrected chi connectivity index (χ0v) is 11.0. The second kappa shape index (κ2) is 5.72. The molecule has 1 aromatic rings. The van der Waals surface area contributed by atoms with Crippen LogP contribution in [0.5, 0.6) is 0 Å². The van der Waals surface area contributed by atoms with Crippen molar-refractivity contribution in [2.75, 3.05) is 13.1 Å². The van der Waals surface area contributed by atoms with E-state index in [2.05, 4.69) is 20.2 Å². The summed E-state index contributed by atoms with van der Waals surface area (Å²) in [5.41, 5.74) is 0.696. The van der Waals surface area contributed by atoms with Gasteiger partial charge in [0.2, 0.25) is 0 Å². The van der Waals surface area contributed by atoms with Gasteiger partial charge in [-0.2, -0.15) is 5.10 Å². The molecule has 0 aromatic carbocycles. The van der Waals surface area contributed by atoms with Crippen LogP contribution in [0.2, 0.25) is 0 Å². The van der Waals surface area contributed by atoms with Gasteiger partial charge in [0.25, 0.3) is 10.0 Å². The van der Waals surface area contributed by atoms with Crippen molar-refractivity contribution in [1.29, 1.82) is 0 Å². The van der Waals surface area contributed by atoms with Crippen molar-refractivity contribution in [2.24, 2.45) is 0 Å². The maximum absolute atomic E-state index is 11.9. The lowest BCUT2D eigenvalue weighted by molar-refractivity contribution is 0.554. The Bertz CT molecular complexity index is 456. The summed E-state index contributed by atoms with van der Waals surface area (Å²) < 4.78 is 26.3. The number of aryl methyl sites for hydroxylation is 1. The molecule has 0 radical (unpaired) electrons. The Labute approximate surface area is 107 Å². The predicted octanol–water partition coefficient (Wildman–Crippen LogP) is -0.153.